The number of rotatable bonds is 7. The van der Waals surface area contributed by atoms with E-state index in [-0.39, 0.29) is 17.0 Å². The zero-order chi connectivity index (χ0) is 21.7. The molecular weight excluding hydrogens is 404 g/mol. The Morgan fingerprint density at radius 3 is 2.37 bits per heavy atom. The lowest BCUT2D eigenvalue weighted by Gasteiger charge is -2.11. The summed E-state index contributed by atoms with van der Waals surface area (Å²) in [5, 5.41) is 15.2. The van der Waals surface area contributed by atoms with E-state index < -0.39 is 18.5 Å². The second-order valence-electron chi connectivity index (χ2n) is 6.75. The summed E-state index contributed by atoms with van der Waals surface area (Å²) in [6.07, 6.45) is 3.80. The number of nitrogens with one attached hydrogen (secondary N) is 2. The van der Waals surface area contributed by atoms with Gasteiger partial charge in [-0.3, -0.25) is 9.59 Å². The highest BCUT2D eigenvalue weighted by atomic mass is 32.2. The average molecular weight is 424 g/mol. The summed E-state index contributed by atoms with van der Waals surface area (Å²) in [5.41, 5.74) is 2.16. The van der Waals surface area contributed by atoms with Crippen molar-refractivity contribution in [2.45, 2.75) is 30.7 Å². The predicted molar refractivity (Wildman–Crippen MR) is 112 cm³/mol. The number of carbonyl (C=O) groups excluding carboxylic acids is 3. The molecule has 0 unspecified atom stereocenters. The van der Waals surface area contributed by atoms with Gasteiger partial charge in [0.05, 0.1) is 11.1 Å². The third-order valence-electron chi connectivity index (χ3n) is 4.35. The van der Waals surface area contributed by atoms with Gasteiger partial charge in [-0.05, 0) is 49.4 Å². The molecule has 1 aliphatic carbocycles. The number of anilines is 2. The highest BCUT2D eigenvalue weighted by Crippen LogP contribution is 2.40. The molecule has 0 atom stereocenters. The fraction of sp³-hybridized carbons (Fsp3) is 0.286. The number of nitrogens with zero attached hydrogens (tertiary/aromatic N) is 2. The molecule has 1 fully saturated rings. The first-order chi connectivity index (χ1) is 14.4. The maximum atomic E-state index is 12.6. The molecule has 1 aromatic carbocycles. The average Bonchev–Trinajstić information content (AvgIpc) is 3.57. The number of ether oxygens (including phenoxy) is 1. The Morgan fingerprint density at radius 1 is 1.20 bits per heavy atom. The van der Waals surface area contributed by atoms with Crippen LogP contribution in [0.15, 0.2) is 35.4 Å². The molecule has 154 valence electrons. The first-order valence-electron chi connectivity index (χ1n) is 9.25. The van der Waals surface area contributed by atoms with Crippen LogP contribution < -0.4 is 10.6 Å². The van der Waals surface area contributed by atoms with Crippen LogP contribution in [0.4, 0.5) is 11.4 Å². The number of amides is 2. The maximum Gasteiger partial charge on any atom is 0.340 e. The molecule has 2 amide bonds. The van der Waals surface area contributed by atoms with Crippen LogP contribution in [0, 0.1) is 11.3 Å². The summed E-state index contributed by atoms with van der Waals surface area (Å²) >= 11 is 1.29. The van der Waals surface area contributed by atoms with Crippen LogP contribution in [0.2, 0.25) is 0 Å². The second-order valence-corrected chi connectivity index (χ2v) is 7.54. The van der Waals surface area contributed by atoms with Gasteiger partial charge in [-0.1, -0.05) is 0 Å². The summed E-state index contributed by atoms with van der Waals surface area (Å²) in [5.74, 6) is -1.14. The topological polar surface area (TPSA) is 121 Å². The van der Waals surface area contributed by atoms with E-state index >= 15 is 0 Å². The van der Waals surface area contributed by atoms with Crippen molar-refractivity contribution in [2.75, 3.05) is 23.5 Å². The van der Waals surface area contributed by atoms with E-state index in [2.05, 4.69) is 15.6 Å². The van der Waals surface area contributed by atoms with Crippen LogP contribution in [0.3, 0.4) is 0 Å². The zero-order valence-corrected chi connectivity index (χ0v) is 17.3. The number of benzene rings is 1. The molecule has 0 radical (unpaired) electrons. The Morgan fingerprint density at radius 2 is 1.83 bits per heavy atom. The number of hydrogen-bond donors (Lipinski definition) is 2. The summed E-state index contributed by atoms with van der Waals surface area (Å²) in [6.45, 7) is 0.910. The smallest absolute Gasteiger partial charge is 0.340 e. The van der Waals surface area contributed by atoms with Gasteiger partial charge in [0.25, 0.3) is 5.91 Å². The van der Waals surface area contributed by atoms with Crippen LogP contribution >= 0.6 is 11.8 Å². The van der Waals surface area contributed by atoms with Gasteiger partial charge in [0.1, 0.15) is 11.1 Å². The van der Waals surface area contributed by atoms with Gasteiger partial charge in [0.15, 0.2) is 6.61 Å². The highest BCUT2D eigenvalue weighted by molar-refractivity contribution is 7.98. The molecule has 0 saturated heterocycles. The van der Waals surface area contributed by atoms with Gasteiger partial charge >= 0.3 is 5.97 Å². The number of pyridine rings is 1. The Hall–Kier alpha value is -3.38. The molecule has 1 saturated carbocycles. The molecule has 9 heteroatoms. The van der Waals surface area contributed by atoms with Crippen molar-refractivity contribution in [1.82, 2.24) is 4.98 Å². The third-order valence-corrected chi connectivity index (χ3v) is 5.03. The van der Waals surface area contributed by atoms with Gasteiger partial charge in [-0.2, -0.15) is 5.26 Å². The summed E-state index contributed by atoms with van der Waals surface area (Å²) in [6, 6.07) is 10.1. The second kappa shape index (κ2) is 9.41. The van der Waals surface area contributed by atoms with Gasteiger partial charge in [-0.15, -0.1) is 11.8 Å². The summed E-state index contributed by atoms with van der Waals surface area (Å²) in [4.78, 5) is 40.2. The van der Waals surface area contributed by atoms with Crippen LogP contribution in [0.25, 0.3) is 0 Å². The zero-order valence-electron chi connectivity index (χ0n) is 16.5. The van der Waals surface area contributed by atoms with E-state index in [4.69, 9.17) is 4.74 Å². The van der Waals surface area contributed by atoms with Gasteiger partial charge in [0.2, 0.25) is 5.91 Å². The SMILES string of the molecule is CSc1nc(C2CC2)cc(C(=O)OCC(=O)Nc2ccc(NC(C)=O)cc2)c1C#N. The number of carbonyl (C=O) groups is 3. The maximum absolute atomic E-state index is 12.6. The molecule has 8 nitrogen and oxygen atoms in total. The number of esters is 1. The number of hydrogen-bond acceptors (Lipinski definition) is 7. The van der Waals surface area contributed by atoms with E-state index in [0.717, 1.165) is 18.5 Å². The fourth-order valence-electron chi connectivity index (χ4n) is 2.79. The van der Waals surface area contributed by atoms with E-state index in [1.807, 2.05) is 6.07 Å². The highest BCUT2D eigenvalue weighted by Gasteiger charge is 2.29. The van der Waals surface area contributed by atoms with Gasteiger partial charge in [-0.25, -0.2) is 9.78 Å². The first-order valence-corrected chi connectivity index (χ1v) is 10.5. The van der Waals surface area contributed by atoms with E-state index in [0.29, 0.717) is 22.3 Å². The Kier molecular flexibility index (Phi) is 6.69. The van der Waals surface area contributed by atoms with Crippen LogP contribution in [-0.4, -0.2) is 35.6 Å². The molecule has 0 bridgehead atoms. The quantitative estimate of drug-likeness (QED) is 0.516. The number of aromatic nitrogens is 1. The minimum absolute atomic E-state index is 0.131. The minimum atomic E-state index is -0.734. The van der Waals surface area contributed by atoms with Crippen LogP contribution in [0.1, 0.15) is 47.3 Å². The van der Waals surface area contributed by atoms with Gasteiger partial charge < -0.3 is 15.4 Å². The Labute approximate surface area is 178 Å². The molecule has 2 N–H and O–H groups in total. The van der Waals surface area contributed by atoms with Crippen molar-refractivity contribution in [2.24, 2.45) is 0 Å². The Balaban J connectivity index is 1.64. The number of thioether (sulfide) groups is 1. The predicted octanol–water partition coefficient (Wildman–Crippen LogP) is 3.31. The normalized spacial score (nSPS) is 12.6. The third kappa shape index (κ3) is 5.36. The minimum Gasteiger partial charge on any atom is -0.452 e. The molecule has 3 rings (SSSR count). The molecule has 2 aromatic rings. The van der Waals surface area contributed by atoms with E-state index in [1.165, 1.54) is 18.7 Å². The first kappa shape index (κ1) is 21.3. The monoisotopic (exact) mass is 424 g/mol. The lowest BCUT2D eigenvalue weighted by Crippen LogP contribution is -2.21. The van der Waals surface area contributed by atoms with Crippen LogP contribution in [-0.2, 0) is 14.3 Å². The lowest BCUT2D eigenvalue weighted by atomic mass is 10.1. The summed E-state index contributed by atoms with van der Waals surface area (Å²) < 4.78 is 5.14. The fourth-order valence-corrected chi connectivity index (χ4v) is 3.35. The molecule has 0 spiro atoms. The number of nitriles is 1. The molecule has 1 aromatic heterocycles. The van der Waals surface area contributed by atoms with Crippen molar-refractivity contribution < 1.29 is 19.1 Å². The van der Waals surface area contributed by atoms with E-state index in [1.54, 1.807) is 36.6 Å². The van der Waals surface area contributed by atoms with Crippen molar-refractivity contribution in [3.05, 3.63) is 47.2 Å². The van der Waals surface area contributed by atoms with Crippen molar-refractivity contribution in [3.8, 4) is 6.07 Å². The van der Waals surface area contributed by atoms with Crippen LogP contribution in [0.5, 0.6) is 0 Å². The van der Waals surface area contributed by atoms with Crippen molar-refractivity contribution in [1.29, 1.82) is 5.26 Å². The molecule has 1 aliphatic rings. The van der Waals surface area contributed by atoms with Gasteiger partial charge in [0, 0.05) is 29.9 Å². The molecule has 1 heterocycles. The molecule has 30 heavy (non-hydrogen) atoms. The standard InChI is InChI=1S/C21H20N4O4S/c1-12(26)23-14-5-7-15(8-6-14)24-19(27)11-29-21(28)16-9-18(13-3-4-13)25-20(30-2)17(16)10-22/h5-9,13H,3-4,11H2,1-2H3,(H,23,26)(H,24,27). The summed E-state index contributed by atoms with van der Waals surface area (Å²) in [7, 11) is 0. The van der Waals surface area contributed by atoms with Crippen molar-refractivity contribution in [3.63, 3.8) is 0 Å². The largest absolute Gasteiger partial charge is 0.452 e. The van der Waals surface area contributed by atoms with Crippen molar-refractivity contribution >= 4 is 40.9 Å². The molecule has 0 aliphatic heterocycles. The lowest BCUT2D eigenvalue weighted by molar-refractivity contribution is -0.119. The van der Waals surface area contributed by atoms with E-state index in [9.17, 15) is 19.6 Å². The molecular formula is C21H20N4O4S. The Bertz CT molecular complexity index is 1030.